The largest absolute Gasteiger partial charge is 0.497 e. The number of halogens is 2. The molecular weight excluding hydrogens is 463 g/mol. The molecule has 2 aliphatic heterocycles. The lowest BCUT2D eigenvalue weighted by Crippen LogP contribution is -2.50. The Morgan fingerprint density at radius 3 is 2.55 bits per heavy atom. The van der Waals surface area contributed by atoms with Crippen LogP contribution in [0.2, 0.25) is 5.02 Å². The van der Waals surface area contributed by atoms with Crippen molar-refractivity contribution < 1.29 is 18.7 Å². The zero-order valence-electron chi connectivity index (χ0n) is 17.8. The number of carbonyl (C=O) groups is 2. The van der Waals surface area contributed by atoms with Crippen LogP contribution in [0, 0.1) is 5.82 Å². The molecule has 0 aliphatic carbocycles. The first-order valence-corrected chi connectivity index (χ1v) is 11.8. The third kappa shape index (κ3) is 3.56. The summed E-state index contributed by atoms with van der Waals surface area (Å²) >= 11 is 7.78. The van der Waals surface area contributed by atoms with Crippen molar-refractivity contribution in [3.05, 3.63) is 94.3 Å². The Balaban J connectivity index is 1.56. The van der Waals surface area contributed by atoms with Crippen LogP contribution in [0.4, 0.5) is 10.1 Å². The zero-order valence-corrected chi connectivity index (χ0v) is 19.3. The number of nitrogens with zero attached hydrogens (tertiary/aromatic N) is 2. The maximum absolute atomic E-state index is 14.0. The molecule has 1 spiro atoms. The molecule has 5 rings (SSSR count). The Kier molecular flexibility index (Phi) is 5.54. The van der Waals surface area contributed by atoms with Crippen molar-refractivity contribution in [1.29, 1.82) is 0 Å². The summed E-state index contributed by atoms with van der Waals surface area (Å²) in [4.78, 5) is 29.7. The summed E-state index contributed by atoms with van der Waals surface area (Å²) in [5, 5.41) is 0.494. The topological polar surface area (TPSA) is 49.9 Å². The second-order valence-corrected chi connectivity index (χ2v) is 9.58. The molecule has 0 saturated carbocycles. The molecule has 8 heteroatoms. The molecule has 33 heavy (non-hydrogen) atoms. The van der Waals surface area contributed by atoms with E-state index in [2.05, 4.69) is 0 Å². The molecular formula is C25H20ClFN2O3S. The average molecular weight is 483 g/mol. The number of hydrogen-bond donors (Lipinski definition) is 0. The highest BCUT2D eigenvalue weighted by Crippen LogP contribution is 2.55. The third-order valence-corrected chi connectivity index (χ3v) is 7.65. The molecule has 5 nitrogen and oxygen atoms in total. The fourth-order valence-corrected chi connectivity index (χ4v) is 6.03. The number of anilines is 1. The van der Waals surface area contributed by atoms with Crippen LogP contribution >= 0.6 is 23.4 Å². The van der Waals surface area contributed by atoms with Gasteiger partial charge in [-0.2, -0.15) is 0 Å². The second kappa shape index (κ2) is 8.39. The van der Waals surface area contributed by atoms with Crippen molar-refractivity contribution in [2.75, 3.05) is 24.3 Å². The molecule has 0 aromatic heterocycles. The van der Waals surface area contributed by atoms with Crippen molar-refractivity contribution in [3.8, 4) is 5.75 Å². The van der Waals surface area contributed by atoms with E-state index in [-0.39, 0.29) is 24.2 Å². The molecule has 168 valence electrons. The molecule has 2 aliphatic rings. The Morgan fingerprint density at radius 1 is 1.12 bits per heavy atom. The first-order chi connectivity index (χ1) is 15.9. The Labute approximate surface area is 200 Å². The van der Waals surface area contributed by atoms with Crippen molar-refractivity contribution in [3.63, 3.8) is 0 Å². The summed E-state index contributed by atoms with van der Waals surface area (Å²) < 4.78 is 18.6. The van der Waals surface area contributed by atoms with Gasteiger partial charge in [0.05, 0.1) is 19.3 Å². The second-order valence-electron chi connectivity index (χ2n) is 7.86. The van der Waals surface area contributed by atoms with E-state index in [0.29, 0.717) is 39.9 Å². The maximum Gasteiger partial charge on any atom is 0.268 e. The molecule has 1 unspecified atom stereocenters. The predicted molar refractivity (Wildman–Crippen MR) is 127 cm³/mol. The van der Waals surface area contributed by atoms with Crippen LogP contribution in [0.3, 0.4) is 0 Å². The number of ether oxygens (including phenoxy) is 1. The van der Waals surface area contributed by atoms with Crippen LogP contribution in [0.1, 0.15) is 21.5 Å². The van der Waals surface area contributed by atoms with Gasteiger partial charge in [0.1, 0.15) is 11.6 Å². The van der Waals surface area contributed by atoms with Gasteiger partial charge in [-0.3, -0.25) is 9.59 Å². The Morgan fingerprint density at radius 2 is 1.85 bits per heavy atom. The van der Waals surface area contributed by atoms with Crippen molar-refractivity contribution in [1.82, 2.24) is 4.90 Å². The summed E-state index contributed by atoms with van der Waals surface area (Å²) in [5.74, 6) is 0.498. The van der Waals surface area contributed by atoms with Gasteiger partial charge < -0.3 is 14.5 Å². The number of benzene rings is 3. The molecule has 1 saturated heterocycles. The zero-order chi connectivity index (χ0) is 23.2. The lowest BCUT2D eigenvalue weighted by atomic mass is 10.0. The number of amides is 2. The van der Waals surface area contributed by atoms with Gasteiger partial charge in [0.15, 0.2) is 4.87 Å². The number of thioether (sulfide) groups is 1. The molecule has 0 radical (unpaired) electrons. The van der Waals surface area contributed by atoms with Crippen LogP contribution in [-0.2, 0) is 16.2 Å². The summed E-state index contributed by atoms with van der Waals surface area (Å²) in [6, 6.07) is 18.2. The third-order valence-electron chi connectivity index (χ3n) is 5.99. The lowest BCUT2D eigenvalue weighted by molar-refractivity contribution is -0.123. The monoisotopic (exact) mass is 482 g/mol. The highest BCUT2D eigenvalue weighted by molar-refractivity contribution is 8.01. The normalized spacial score (nSPS) is 19.3. The molecule has 3 aromatic carbocycles. The number of rotatable bonds is 4. The molecule has 3 aromatic rings. The number of carbonyl (C=O) groups excluding carboxylic acids is 2. The van der Waals surface area contributed by atoms with E-state index in [9.17, 15) is 14.0 Å². The van der Waals surface area contributed by atoms with E-state index in [1.165, 1.54) is 23.9 Å². The molecule has 1 fully saturated rings. The lowest BCUT2D eigenvalue weighted by Gasteiger charge is -2.33. The van der Waals surface area contributed by atoms with Crippen LogP contribution in [-0.4, -0.2) is 36.1 Å². The van der Waals surface area contributed by atoms with Gasteiger partial charge in [0, 0.05) is 28.4 Å². The van der Waals surface area contributed by atoms with Gasteiger partial charge in [-0.05, 0) is 60.2 Å². The maximum atomic E-state index is 14.0. The van der Waals surface area contributed by atoms with Crippen molar-refractivity contribution >= 4 is 40.9 Å². The first kappa shape index (κ1) is 21.8. The van der Waals surface area contributed by atoms with Gasteiger partial charge in [0.2, 0.25) is 0 Å². The van der Waals surface area contributed by atoms with Gasteiger partial charge in [-0.15, -0.1) is 11.8 Å². The first-order valence-electron chi connectivity index (χ1n) is 10.4. The highest BCUT2D eigenvalue weighted by atomic mass is 35.5. The van der Waals surface area contributed by atoms with E-state index < -0.39 is 4.87 Å². The Bertz CT molecular complexity index is 1240. The van der Waals surface area contributed by atoms with Gasteiger partial charge in [-0.1, -0.05) is 23.7 Å². The summed E-state index contributed by atoms with van der Waals surface area (Å²) in [6.45, 7) is 0.693. The van der Waals surface area contributed by atoms with E-state index >= 15 is 0 Å². The van der Waals surface area contributed by atoms with E-state index in [1.807, 2.05) is 6.07 Å². The van der Waals surface area contributed by atoms with E-state index in [1.54, 1.807) is 65.4 Å². The molecule has 0 bridgehead atoms. The Hall–Kier alpha value is -3.03. The SMILES string of the molecule is COc1ccc(C(=O)N2CCSC23C(=O)N(Cc2ccc(F)cc2)c2ccc(Cl)cc23)cc1. The van der Waals surface area contributed by atoms with Gasteiger partial charge in [0.25, 0.3) is 11.8 Å². The quantitative estimate of drug-likeness (QED) is 0.520. The number of methoxy groups -OCH3 is 1. The smallest absolute Gasteiger partial charge is 0.268 e. The minimum absolute atomic E-state index is 0.201. The standard InChI is InChI=1S/C25H20ClFN2O3S/c1-32-20-9-4-17(5-10-20)23(30)29-12-13-33-25(29)21-14-18(26)6-11-22(21)28(24(25)31)15-16-2-7-19(27)8-3-16/h2-11,14H,12-13,15H2,1H3. The predicted octanol–water partition coefficient (Wildman–Crippen LogP) is 5.08. The van der Waals surface area contributed by atoms with Gasteiger partial charge >= 0.3 is 0 Å². The van der Waals surface area contributed by atoms with Crippen LogP contribution in [0.5, 0.6) is 5.75 Å². The van der Waals surface area contributed by atoms with Crippen LogP contribution < -0.4 is 9.64 Å². The number of hydrogen-bond acceptors (Lipinski definition) is 4. The van der Waals surface area contributed by atoms with E-state index in [4.69, 9.17) is 16.3 Å². The molecule has 0 N–H and O–H groups in total. The highest BCUT2D eigenvalue weighted by Gasteiger charge is 2.59. The molecule has 2 amide bonds. The minimum atomic E-state index is -1.20. The summed E-state index contributed by atoms with van der Waals surface area (Å²) in [6.07, 6.45) is 0. The summed E-state index contributed by atoms with van der Waals surface area (Å²) in [7, 11) is 1.57. The van der Waals surface area contributed by atoms with Gasteiger partial charge in [-0.25, -0.2) is 4.39 Å². The molecule has 1 atom stereocenters. The number of fused-ring (bicyclic) bond motifs is 2. The van der Waals surface area contributed by atoms with Crippen molar-refractivity contribution in [2.45, 2.75) is 11.4 Å². The van der Waals surface area contributed by atoms with Crippen LogP contribution in [0.15, 0.2) is 66.7 Å². The fraction of sp³-hybridized carbons (Fsp3) is 0.200. The fourth-order valence-electron chi connectivity index (χ4n) is 4.41. The van der Waals surface area contributed by atoms with Crippen molar-refractivity contribution in [2.24, 2.45) is 0 Å². The summed E-state index contributed by atoms with van der Waals surface area (Å²) in [5.41, 5.74) is 2.67. The average Bonchev–Trinajstić information content (AvgIpc) is 3.37. The van der Waals surface area contributed by atoms with Crippen LogP contribution in [0.25, 0.3) is 0 Å². The van der Waals surface area contributed by atoms with E-state index in [0.717, 1.165) is 5.56 Å². The molecule has 2 heterocycles. The minimum Gasteiger partial charge on any atom is -0.497 e.